The minimum absolute atomic E-state index is 0.0181. The van der Waals surface area contributed by atoms with E-state index >= 15 is 0 Å². The second kappa shape index (κ2) is 4.25. The highest BCUT2D eigenvalue weighted by Crippen LogP contribution is 2.19. The van der Waals surface area contributed by atoms with Crippen molar-refractivity contribution in [3.05, 3.63) is 47.7 Å². The van der Waals surface area contributed by atoms with Crippen molar-refractivity contribution in [3.63, 3.8) is 0 Å². The lowest BCUT2D eigenvalue weighted by atomic mass is 10.2. The number of hydrogen-bond donors (Lipinski definition) is 1. The van der Waals surface area contributed by atoms with Crippen LogP contribution in [0.1, 0.15) is 17.5 Å². The largest absolute Gasteiger partial charge is 0.478 e. The Balaban J connectivity index is 2.37. The molecule has 2 aromatic rings. The van der Waals surface area contributed by atoms with Crippen LogP contribution in [-0.4, -0.2) is 16.9 Å². The van der Waals surface area contributed by atoms with Crippen molar-refractivity contribution in [2.45, 2.75) is 6.92 Å². The quantitative estimate of drug-likeness (QED) is 0.650. The van der Waals surface area contributed by atoms with E-state index in [1.807, 2.05) is 12.1 Å². The van der Waals surface area contributed by atoms with Crippen LogP contribution >= 0.6 is 0 Å². The van der Waals surface area contributed by atoms with Crippen LogP contribution < -0.4 is 0 Å². The first kappa shape index (κ1) is 11.1. The van der Waals surface area contributed by atoms with Crippen LogP contribution in [0, 0.1) is 0 Å². The molecule has 4 nitrogen and oxygen atoms in total. The van der Waals surface area contributed by atoms with Gasteiger partial charge in [0.2, 0.25) is 5.78 Å². The maximum Gasteiger partial charge on any atom is 0.331 e. The monoisotopic (exact) mass is 230 g/mol. The van der Waals surface area contributed by atoms with E-state index in [2.05, 4.69) is 0 Å². The predicted molar refractivity (Wildman–Crippen MR) is 61.9 cm³/mol. The Labute approximate surface area is 97.2 Å². The first-order valence-corrected chi connectivity index (χ1v) is 5.02. The van der Waals surface area contributed by atoms with Gasteiger partial charge >= 0.3 is 5.97 Å². The number of rotatable bonds is 3. The lowest BCUT2D eigenvalue weighted by molar-refractivity contribution is -0.132. The normalized spacial score (nSPS) is 11.7. The van der Waals surface area contributed by atoms with E-state index in [1.165, 1.54) is 6.92 Å². The maximum absolute atomic E-state index is 11.7. The molecular formula is C13H10O4. The van der Waals surface area contributed by atoms with Crippen LogP contribution in [0.2, 0.25) is 0 Å². The third-order valence-corrected chi connectivity index (χ3v) is 2.35. The molecule has 1 N–H and O–H groups in total. The Bertz CT molecular complexity index is 586. The zero-order chi connectivity index (χ0) is 12.4. The van der Waals surface area contributed by atoms with Crippen LogP contribution in [0.3, 0.4) is 0 Å². The van der Waals surface area contributed by atoms with Crippen molar-refractivity contribution < 1.29 is 19.1 Å². The maximum atomic E-state index is 11.7. The smallest absolute Gasteiger partial charge is 0.331 e. The second-order valence-electron chi connectivity index (χ2n) is 3.65. The molecule has 0 unspecified atom stereocenters. The molecule has 0 aliphatic heterocycles. The summed E-state index contributed by atoms with van der Waals surface area (Å²) in [7, 11) is 0. The lowest BCUT2D eigenvalue weighted by Gasteiger charge is -1.91. The van der Waals surface area contributed by atoms with E-state index in [9.17, 15) is 9.59 Å². The van der Waals surface area contributed by atoms with Crippen molar-refractivity contribution in [3.8, 4) is 0 Å². The van der Waals surface area contributed by atoms with Crippen molar-refractivity contribution >= 4 is 22.7 Å². The number of carboxylic acids is 1. The molecule has 2 rings (SSSR count). The van der Waals surface area contributed by atoms with Gasteiger partial charge in [0.1, 0.15) is 5.58 Å². The van der Waals surface area contributed by atoms with Crippen molar-refractivity contribution in [2.24, 2.45) is 0 Å². The number of benzene rings is 1. The summed E-state index contributed by atoms with van der Waals surface area (Å²) in [5.74, 6) is -1.41. The lowest BCUT2D eigenvalue weighted by Crippen LogP contribution is -2.00. The molecule has 0 bridgehead atoms. The summed E-state index contributed by atoms with van der Waals surface area (Å²) >= 11 is 0. The molecule has 0 saturated heterocycles. The summed E-state index contributed by atoms with van der Waals surface area (Å²) in [4.78, 5) is 22.3. The Kier molecular flexibility index (Phi) is 2.78. The van der Waals surface area contributed by atoms with Gasteiger partial charge in [0.25, 0.3) is 0 Å². The van der Waals surface area contributed by atoms with E-state index in [1.54, 1.807) is 18.2 Å². The molecule has 0 atom stereocenters. The minimum atomic E-state index is -1.12. The SMILES string of the molecule is CC(=CC(=O)c1cc2ccccc2o1)C(=O)O. The number of carbonyl (C=O) groups excluding carboxylic acids is 1. The minimum Gasteiger partial charge on any atom is -0.478 e. The summed E-state index contributed by atoms with van der Waals surface area (Å²) in [5.41, 5.74) is 0.590. The highest BCUT2D eigenvalue weighted by atomic mass is 16.4. The van der Waals surface area contributed by atoms with Gasteiger partial charge in [-0.05, 0) is 25.1 Å². The number of fused-ring (bicyclic) bond motifs is 1. The first-order valence-electron chi connectivity index (χ1n) is 5.02. The van der Waals surface area contributed by atoms with Gasteiger partial charge in [0.05, 0.1) is 0 Å². The highest BCUT2D eigenvalue weighted by Gasteiger charge is 2.11. The Morgan fingerprint density at radius 3 is 2.65 bits per heavy atom. The summed E-state index contributed by atoms with van der Waals surface area (Å²) in [5, 5.41) is 9.48. The van der Waals surface area contributed by atoms with Gasteiger partial charge < -0.3 is 9.52 Å². The van der Waals surface area contributed by atoms with Crippen LogP contribution in [0.25, 0.3) is 11.0 Å². The fourth-order valence-corrected chi connectivity index (χ4v) is 1.43. The molecule has 0 saturated carbocycles. The molecule has 1 aromatic heterocycles. The van der Waals surface area contributed by atoms with Gasteiger partial charge in [-0.25, -0.2) is 4.79 Å². The predicted octanol–water partition coefficient (Wildman–Crippen LogP) is 2.65. The number of allylic oxidation sites excluding steroid dienone is 1. The van der Waals surface area contributed by atoms with Gasteiger partial charge in [0, 0.05) is 11.0 Å². The zero-order valence-corrected chi connectivity index (χ0v) is 9.14. The highest BCUT2D eigenvalue weighted by molar-refractivity contribution is 6.08. The van der Waals surface area contributed by atoms with Gasteiger partial charge in [0.15, 0.2) is 5.76 Å². The summed E-state index contributed by atoms with van der Waals surface area (Å²) in [6, 6.07) is 8.81. The molecule has 17 heavy (non-hydrogen) atoms. The molecule has 4 heteroatoms. The van der Waals surface area contributed by atoms with E-state index < -0.39 is 11.8 Å². The van der Waals surface area contributed by atoms with E-state index in [0.29, 0.717) is 5.58 Å². The summed E-state index contributed by atoms with van der Waals surface area (Å²) in [6.45, 7) is 1.36. The second-order valence-corrected chi connectivity index (χ2v) is 3.65. The fourth-order valence-electron chi connectivity index (χ4n) is 1.43. The van der Waals surface area contributed by atoms with Gasteiger partial charge in [-0.15, -0.1) is 0 Å². The molecule has 1 heterocycles. The van der Waals surface area contributed by atoms with Crippen LogP contribution in [0.4, 0.5) is 0 Å². The number of ketones is 1. The third-order valence-electron chi connectivity index (χ3n) is 2.35. The standard InChI is InChI=1S/C13H10O4/c1-8(13(15)16)6-10(14)12-7-9-4-2-3-5-11(9)17-12/h2-7H,1H3,(H,15,16). The number of para-hydroxylation sites is 1. The summed E-state index contributed by atoms with van der Waals surface area (Å²) in [6.07, 6.45) is 1.06. The molecule has 0 fully saturated rings. The average Bonchev–Trinajstić information content (AvgIpc) is 2.72. The Hall–Kier alpha value is -2.36. The number of carbonyl (C=O) groups is 2. The van der Waals surface area contributed by atoms with Crippen molar-refractivity contribution in [1.29, 1.82) is 0 Å². The van der Waals surface area contributed by atoms with Crippen LogP contribution in [0.5, 0.6) is 0 Å². The van der Waals surface area contributed by atoms with Crippen molar-refractivity contribution in [1.82, 2.24) is 0 Å². The molecule has 0 aliphatic rings. The molecule has 0 amide bonds. The van der Waals surface area contributed by atoms with Gasteiger partial charge in [-0.3, -0.25) is 4.79 Å². The number of aliphatic carboxylic acids is 1. The average molecular weight is 230 g/mol. The molecule has 86 valence electrons. The number of carboxylic acid groups (broad SMARTS) is 1. The first-order chi connectivity index (χ1) is 8.08. The number of furan rings is 1. The third kappa shape index (κ3) is 2.25. The molecule has 0 aliphatic carbocycles. The van der Waals surface area contributed by atoms with Crippen LogP contribution in [0.15, 0.2) is 46.4 Å². The van der Waals surface area contributed by atoms with E-state index in [0.717, 1.165) is 11.5 Å². The van der Waals surface area contributed by atoms with Crippen LogP contribution in [-0.2, 0) is 4.79 Å². The van der Waals surface area contributed by atoms with Gasteiger partial charge in [-0.1, -0.05) is 18.2 Å². The fraction of sp³-hybridized carbons (Fsp3) is 0.0769. The molecule has 1 aromatic carbocycles. The van der Waals surface area contributed by atoms with E-state index in [4.69, 9.17) is 9.52 Å². The molecular weight excluding hydrogens is 220 g/mol. The van der Waals surface area contributed by atoms with Crippen molar-refractivity contribution in [2.75, 3.05) is 0 Å². The summed E-state index contributed by atoms with van der Waals surface area (Å²) < 4.78 is 5.32. The Morgan fingerprint density at radius 1 is 1.29 bits per heavy atom. The molecule has 0 radical (unpaired) electrons. The topological polar surface area (TPSA) is 67.5 Å². The number of hydrogen-bond acceptors (Lipinski definition) is 3. The molecule has 0 spiro atoms. The van der Waals surface area contributed by atoms with E-state index in [-0.39, 0.29) is 11.3 Å². The zero-order valence-electron chi connectivity index (χ0n) is 9.14. The Morgan fingerprint density at radius 2 is 2.00 bits per heavy atom. The van der Waals surface area contributed by atoms with Gasteiger partial charge in [-0.2, -0.15) is 0 Å².